The molecule has 0 aliphatic carbocycles. The van der Waals surface area contributed by atoms with Crippen molar-refractivity contribution in [2.45, 2.75) is 129 Å². The molecule has 1 unspecified atom stereocenters. The molecule has 0 rings (SSSR count). The Morgan fingerprint density at radius 1 is 0.583 bits per heavy atom. The molecule has 0 saturated heterocycles. The lowest BCUT2D eigenvalue weighted by molar-refractivity contribution is -0.122. The topological polar surface area (TPSA) is 43.1 Å². The van der Waals surface area contributed by atoms with E-state index < -0.39 is 0 Å². The molecule has 144 valence electrons. The van der Waals surface area contributed by atoms with Crippen LogP contribution < -0.4 is 5.73 Å². The van der Waals surface area contributed by atoms with Crippen molar-refractivity contribution in [2.75, 3.05) is 0 Å². The van der Waals surface area contributed by atoms with Crippen molar-refractivity contribution in [1.29, 1.82) is 0 Å². The van der Waals surface area contributed by atoms with Crippen LogP contribution in [0, 0.1) is 5.92 Å². The highest BCUT2D eigenvalue weighted by Crippen LogP contribution is 2.19. The molecule has 24 heavy (non-hydrogen) atoms. The Bertz CT molecular complexity index is 265. The number of unbranched alkanes of at least 4 members (excludes halogenated alkanes) is 14. The molecule has 0 aromatic heterocycles. The lowest BCUT2D eigenvalue weighted by atomic mass is 9.94. The number of primary amides is 1. The monoisotopic (exact) mass is 339 g/mol. The van der Waals surface area contributed by atoms with Gasteiger partial charge in [-0.15, -0.1) is 0 Å². The van der Waals surface area contributed by atoms with Gasteiger partial charge in [0.05, 0.1) is 0 Å². The molecule has 2 heteroatoms. The van der Waals surface area contributed by atoms with Gasteiger partial charge in [-0.25, -0.2) is 0 Å². The van der Waals surface area contributed by atoms with Gasteiger partial charge < -0.3 is 5.73 Å². The normalized spacial score (nSPS) is 12.4. The van der Waals surface area contributed by atoms with Crippen molar-refractivity contribution in [3.8, 4) is 0 Å². The van der Waals surface area contributed by atoms with Crippen LogP contribution in [0.1, 0.15) is 129 Å². The summed E-state index contributed by atoms with van der Waals surface area (Å²) in [5, 5.41) is 0. The van der Waals surface area contributed by atoms with Crippen molar-refractivity contribution >= 4 is 5.91 Å². The van der Waals surface area contributed by atoms with Gasteiger partial charge in [0.2, 0.25) is 5.91 Å². The first kappa shape index (κ1) is 23.5. The van der Waals surface area contributed by atoms with Gasteiger partial charge in [0.1, 0.15) is 0 Å². The van der Waals surface area contributed by atoms with E-state index in [0.29, 0.717) is 0 Å². The first-order valence-corrected chi connectivity index (χ1v) is 11.0. The maximum atomic E-state index is 11.5. The smallest absolute Gasteiger partial charge is 0.220 e. The minimum Gasteiger partial charge on any atom is -0.369 e. The van der Waals surface area contributed by atoms with Crippen LogP contribution in [0.5, 0.6) is 0 Å². The predicted octanol–water partition coefficient (Wildman–Crippen LogP) is 7.15. The second-order valence-corrected chi connectivity index (χ2v) is 7.63. The van der Waals surface area contributed by atoms with Crippen LogP contribution in [-0.2, 0) is 4.79 Å². The van der Waals surface area contributed by atoms with Crippen molar-refractivity contribution in [3.05, 3.63) is 0 Å². The van der Waals surface area contributed by atoms with E-state index in [1.54, 1.807) is 0 Å². The zero-order valence-corrected chi connectivity index (χ0v) is 16.8. The fraction of sp³-hybridized carbons (Fsp3) is 0.955. The summed E-state index contributed by atoms with van der Waals surface area (Å²) in [6.07, 6.45) is 23.4. The fourth-order valence-electron chi connectivity index (χ4n) is 3.48. The first-order chi connectivity index (χ1) is 11.7. The highest BCUT2D eigenvalue weighted by atomic mass is 16.1. The third kappa shape index (κ3) is 16.3. The Kier molecular flexibility index (Phi) is 18.4. The van der Waals surface area contributed by atoms with Gasteiger partial charge in [-0.2, -0.15) is 0 Å². The van der Waals surface area contributed by atoms with Crippen LogP contribution in [0.4, 0.5) is 0 Å². The minimum atomic E-state index is -0.0745. The van der Waals surface area contributed by atoms with Gasteiger partial charge in [-0.3, -0.25) is 4.79 Å². The summed E-state index contributed by atoms with van der Waals surface area (Å²) in [6, 6.07) is 0. The zero-order chi connectivity index (χ0) is 17.9. The summed E-state index contributed by atoms with van der Waals surface area (Å²) in [5.41, 5.74) is 5.55. The molecule has 1 amide bonds. The lowest BCUT2D eigenvalue weighted by Crippen LogP contribution is -2.23. The largest absolute Gasteiger partial charge is 0.369 e. The highest BCUT2D eigenvalue weighted by molar-refractivity contribution is 5.76. The van der Waals surface area contributed by atoms with Gasteiger partial charge in [0, 0.05) is 5.92 Å². The third-order valence-electron chi connectivity index (χ3n) is 5.21. The maximum Gasteiger partial charge on any atom is 0.220 e. The molecule has 2 nitrogen and oxygen atoms in total. The molecule has 1 atom stereocenters. The molecule has 0 radical (unpaired) electrons. The van der Waals surface area contributed by atoms with Crippen LogP contribution in [0.3, 0.4) is 0 Å². The average molecular weight is 340 g/mol. The quantitative estimate of drug-likeness (QED) is 0.249. The molecule has 0 heterocycles. The van der Waals surface area contributed by atoms with Crippen LogP contribution in [0.25, 0.3) is 0 Å². The molecule has 0 bridgehead atoms. The highest BCUT2D eigenvalue weighted by Gasteiger charge is 2.14. The number of carbonyl (C=O) groups is 1. The van der Waals surface area contributed by atoms with Gasteiger partial charge in [-0.05, 0) is 12.8 Å². The Morgan fingerprint density at radius 2 is 0.875 bits per heavy atom. The second-order valence-electron chi connectivity index (χ2n) is 7.63. The van der Waals surface area contributed by atoms with Crippen LogP contribution in [0.2, 0.25) is 0 Å². The number of nitrogens with two attached hydrogens (primary N) is 1. The maximum absolute atomic E-state index is 11.5. The van der Waals surface area contributed by atoms with E-state index in [9.17, 15) is 4.79 Å². The van der Waals surface area contributed by atoms with Gasteiger partial charge in [0.25, 0.3) is 0 Å². The number of rotatable bonds is 19. The lowest BCUT2D eigenvalue weighted by Gasteiger charge is -2.13. The number of amides is 1. The molecule has 0 aliphatic heterocycles. The Balaban J connectivity index is 3.37. The molecule has 2 N–H and O–H groups in total. The summed E-state index contributed by atoms with van der Waals surface area (Å²) in [7, 11) is 0. The van der Waals surface area contributed by atoms with Gasteiger partial charge in [0.15, 0.2) is 0 Å². The average Bonchev–Trinajstić information content (AvgIpc) is 2.57. The van der Waals surface area contributed by atoms with Crippen molar-refractivity contribution in [3.63, 3.8) is 0 Å². The molecule has 0 spiro atoms. The number of carbonyl (C=O) groups excluding carboxylic acids is 1. The summed E-state index contributed by atoms with van der Waals surface area (Å²) in [4.78, 5) is 11.5. The summed E-state index contributed by atoms with van der Waals surface area (Å²) >= 11 is 0. The number of hydrogen-bond donors (Lipinski definition) is 1. The second kappa shape index (κ2) is 18.8. The van der Waals surface area contributed by atoms with Crippen molar-refractivity contribution < 1.29 is 4.79 Å². The molecule has 0 aliphatic rings. The predicted molar refractivity (Wildman–Crippen MR) is 107 cm³/mol. The summed E-state index contributed by atoms with van der Waals surface area (Å²) in [5.74, 6) is 0.0551. The zero-order valence-electron chi connectivity index (χ0n) is 16.8. The van der Waals surface area contributed by atoms with E-state index in [1.165, 1.54) is 103 Å². The standard InChI is InChI=1S/C22H45NO/c1-3-5-7-9-10-11-12-13-14-15-16-18-20-21(22(23)24)19-17-8-6-4-2/h21H,3-20H2,1-2H3,(H2,23,24). The van der Waals surface area contributed by atoms with Crippen molar-refractivity contribution in [1.82, 2.24) is 0 Å². The van der Waals surface area contributed by atoms with E-state index in [0.717, 1.165) is 12.8 Å². The summed E-state index contributed by atoms with van der Waals surface area (Å²) in [6.45, 7) is 4.50. The molecule has 0 fully saturated rings. The van der Waals surface area contributed by atoms with E-state index in [-0.39, 0.29) is 11.8 Å². The van der Waals surface area contributed by atoms with Crippen LogP contribution >= 0.6 is 0 Å². The summed E-state index contributed by atoms with van der Waals surface area (Å²) < 4.78 is 0. The molecule has 0 aromatic rings. The van der Waals surface area contributed by atoms with E-state index >= 15 is 0 Å². The first-order valence-electron chi connectivity index (χ1n) is 11.0. The van der Waals surface area contributed by atoms with Crippen LogP contribution in [0.15, 0.2) is 0 Å². The Hall–Kier alpha value is -0.530. The van der Waals surface area contributed by atoms with Gasteiger partial charge >= 0.3 is 0 Å². The van der Waals surface area contributed by atoms with E-state index in [2.05, 4.69) is 13.8 Å². The van der Waals surface area contributed by atoms with Crippen molar-refractivity contribution in [2.24, 2.45) is 11.7 Å². The Labute approximate surface area is 152 Å². The molecular weight excluding hydrogens is 294 g/mol. The van der Waals surface area contributed by atoms with Gasteiger partial charge in [-0.1, -0.05) is 117 Å². The Morgan fingerprint density at radius 3 is 1.21 bits per heavy atom. The molecule has 0 aromatic carbocycles. The number of hydrogen-bond acceptors (Lipinski definition) is 1. The van der Waals surface area contributed by atoms with E-state index in [1.807, 2.05) is 0 Å². The SMILES string of the molecule is CCCCCCCCCCCCCCC(CCCCCC)C(N)=O. The molecular formula is C22H45NO. The van der Waals surface area contributed by atoms with E-state index in [4.69, 9.17) is 5.73 Å². The minimum absolute atomic E-state index is 0.0745. The fourth-order valence-corrected chi connectivity index (χ4v) is 3.48. The van der Waals surface area contributed by atoms with Crippen LogP contribution in [-0.4, -0.2) is 5.91 Å². The molecule has 0 saturated carbocycles. The third-order valence-corrected chi connectivity index (χ3v) is 5.21.